The fourth-order valence-corrected chi connectivity index (χ4v) is 14.0. The molecule has 0 aromatic carbocycles. The van der Waals surface area contributed by atoms with Gasteiger partial charge in [-0.1, -0.05) is 67.7 Å². The van der Waals surface area contributed by atoms with Gasteiger partial charge in [0.1, 0.15) is 6.10 Å². The Morgan fingerprint density at radius 1 is 0.830 bits per heavy atom. The number of aliphatic carboxylic acids is 1. The van der Waals surface area contributed by atoms with Crippen LogP contribution >= 0.6 is 0 Å². The van der Waals surface area contributed by atoms with Gasteiger partial charge in [0.25, 0.3) is 0 Å². The fraction of sp³-hybridized carbons (Fsp3) is 0.867. The molecule has 0 aliphatic heterocycles. The summed E-state index contributed by atoms with van der Waals surface area (Å²) in [6.07, 6.45) is 13.7. The second kappa shape index (κ2) is 13.4. The van der Waals surface area contributed by atoms with Crippen molar-refractivity contribution >= 4 is 23.8 Å². The van der Waals surface area contributed by atoms with E-state index < -0.39 is 22.9 Å². The zero-order chi connectivity index (χ0) is 39.2. The highest BCUT2D eigenvalue weighted by molar-refractivity contribution is 6.02. The molecule has 6 aliphatic rings. The first-order valence-corrected chi connectivity index (χ1v) is 21.3. The number of nitrogens with one attached hydrogen (secondary N) is 2. The smallest absolute Gasteiger partial charge is 0.315 e. The Hall–Kier alpha value is -2.38. The average Bonchev–Trinajstić information content (AvgIpc) is 3.34. The Morgan fingerprint density at radius 2 is 1.49 bits per heavy atom. The Labute approximate surface area is 320 Å². The standard InChI is InChI=1S/C45H72N2O6/c1-27(2)35-30(48)25-45(47-38(52)46-41(7,8)28-15-13-12-14-16-28)24-23-43(10)29(36(35)45)17-18-32-42(9)21-20-33(53-34(49)26-39(3,4)37(50)51)40(5,6)31(42)19-22-44(32,43)11/h27-29,31-33H,12-26H2,1-11H3,(H,50,51)(H2,46,47,52)/t29?,31?,32?,33-,42-,43+,44+,45+/m0/s1. The van der Waals surface area contributed by atoms with Gasteiger partial charge in [0.15, 0.2) is 5.78 Å². The average molecular weight is 737 g/mol. The Balaban J connectivity index is 1.26. The zero-order valence-electron chi connectivity index (χ0n) is 35.1. The lowest BCUT2D eigenvalue weighted by Gasteiger charge is -2.72. The highest BCUT2D eigenvalue weighted by Gasteiger charge is 2.70. The minimum absolute atomic E-state index is 0.0249. The molecule has 6 rings (SSSR count). The van der Waals surface area contributed by atoms with Gasteiger partial charge in [-0.05, 0) is 149 Å². The Morgan fingerprint density at radius 3 is 2.11 bits per heavy atom. The van der Waals surface area contributed by atoms with Crippen LogP contribution < -0.4 is 10.6 Å². The monoisotopic (exact) mass is 737 g/mol. The molecule has 298 valence electrons. The molecule has 8 nitrogen and oxygen atoms in total. The molecule has 0 heterocycles. The van der Waals surface area contributed by atoms with E-state index in [2.05, 4.69) is 72.9 Å². The number of fused-ring (bicyclic) bond motifs is 7. The van der Waals surface area contributed by atoms with Crippen LogP contribution in [0.3, 0.4) is 0 Å². The minimum Gasteiger partial charge on any atom is -0.481 e. The maximum atomic E-state index is 14.1. The molecule has 0 aromatic rings. The number of amides is 2. The highest BCUT2D eigenvalue weighted by atomic mass is 16.5. The maximum absolute atomic E-state index is 14.1. The van der Waals surface area contributed by atoms with E-state index in [-0.39, 0.29) is 63.4 Å². The van der Waals surface area contributed by atoms with E-state index in [9.17, 15) is 24.3 Å². The Kier molecular flexibility index (Phi) is 10.2. The number of Topliss-reactive ketones (excluding diaryl/α,β-unsaturated/α-hetero) is 1. The van der Waals surface area contributed by atoms with Crippen molar-refractivity contribution in [2.45, 2.75) is 190 Å². The summed E-state index contributed by atoms with van der Waals surface area (Å²) >= 11 is 0. The van der Waals surface area contributed by atoms with Gasteiger partial charge >= 0.3 is 18.0 Å². The fourth-order valence-electron chi connectivity index (χ4n) is 14.0. The second-order valence-electron chi connectivity index (χ2n) is 21.6. The van der Waals surface area contributed by atoms with Crippen LogP contribution in [0.15, 0.2) is 11.1 Å². The summed E-state index contributed by atoms with van der Waals surface area (Å²) in [5.41, 5.74) is -0.0332. The van der Waals surface area contributed by atoms with Gasteiger partial charge in [0.05, 0.1) is 17.4 Å². The van der Waals surface area contributed by atoms with Crippen molar-refractivity contribution in [3.05, 3.63) is 11.1 Å². The molecule has 0 radical (unpaired) electrons. The molecule has 3 unspecified atom stereocenters. The predicted octanol–water partition coefficient (Wildman–Crippen LogP) is 9.79. The van der Waals surface area contributed by atoms with Crippen LogP contribution in [0.25, 0.3) is 0 Å². The molecule has 0 aromatic heterocycles. The lowest BCUT2D eigenvalue weighted by atomic mass is 9.33. The summed E-state index contributed by atoms with van der Waals surface area (Å²) in [7, 11) is 0. The molecule has 8 atom stereocenters. The van der Waals surface area contributed by atoms with Gasteiger partial charge in [-0.2, -0.15) is 0 Å². The van der Waals surface area contributed by atoms with Crippen LogP contribution in [0, 0.1) is 56.7 Å². The number of rotatable bonds is 8. The first kappa shape index (κ1) is 40.3. The first-order valence-electron chi connectivity index (χ1n) is 21.3. The summed E-state index contributed by atoms with van der Waals surface area (Å²) in [6.45, 7) is 24.0. The van der Waals surface area contributed by atoms with Crippen LogP contribution in [-0.2, 0) is 19.1 Å². The highest BCUT2D eigenvalue weighted by Crippen LogP contribution is 2.76. The quantitative estimate of drug-likeness (QED) is 0.213. The number of hydrogen-bond acceptors (Lipinski definition) is 5. The molecule has 0 spiro atoms. The number of ketones is 1. The molecule has 8 heteroatoms. The lowest BCUT2D eigenvalue weighted by molar-refractivity contribution is -0.232. The molecule has 5 fully saturated rings. The zero-order valence-corrected chi connectivity index (χ0v) is 35.1. The van der Waals surface area contributed by atoms with Gasteiger partial charge in [0.2, 0.25) is 0 Å². The normalized spacial score (nSPS) is 38.7. The van der Waals surface area contributed by atoms with Crippen molar-refractivity contribution in [3.63, 3.8) is 0 Å². The summed E-state index contributed by atoms with van der Waals surface area (Å²) in [5.74, 6) is 0.456. The van der Waals surface area contributed by atoms with E-state index in [0.29, 0.717) is 24.2 Å². The van der Waals surface area contributed by atoms with Gasteiger partial charge in [-0.15, -0.1) is 0 Å². The van der Waals surface area contributed by atoms with Crippen molar-refractivity contribution in [2.24, 2.45) is 56.7 Å². The van der Waals surface area contributed by atoms with Crippen LogP contribution in [0.2, 0.25) is 0 Å². The first-order chi connectivity index (χ1) is 24.5. The van der Waals surface area contributed by atoms with E-state index in [0.717, 1.165) is 69.8 Å². The number of allylic oxidation sites excluding steroid dienone is 1. The summed E-state index contributed by atoms with van der Waals surface area (Å²) in [4.78, 5) is 53.0. The van der Waals surface area contributed by atoms with E-state index in [1.807, 2.05) is 0 Å². The number of carbonyl (C=O) groups excluding carboxylic acids is 3. The molecule has 53 heavy (non-hydrogen) atoms. The minimum atomic E-state index is -1.16. The number of hydrogen-bond donors (Lipinski definition) is 3. The van der Waals surface area contributed by atoms with E-state index >= 15 is 0 Å². The van der Waals surface area contributed by atoms with Crippen molar-refractivity contribution < 1.29 is 29.0 Å². The van der Waals surface area contributed by atoms with E-state index in [4.69, 9.17) is 4.74 Å². The van der Waals surface area contributed by atoms with Gasteiger partial charge in [-0.25, -0.2) is 4.79 Å². The van der Waals surface area contributed by atoms with Crippen molar-refractivity contribution in [2.75, 3.05) is 0 Å². The molecule has 0 bridgehead atoms. The van der Waals surface area contributed by atoms with Crippen LogP contribution in [-0.4, -0.2) is 46.0 Å². The molecule has 6 aliphatic carbocycles. The number of ether oxygens (including phenoxy) is 1. The number of carboxylic acid groups (broad SMARTS) is 1. The summed E-state index contributed by atoms with van der Waals surface area (Å²) in [5, 5.41) is 16.6. The molecule has 5 saturated carbocycles. The third kappa shape index (κ3) is 6.40. The number of urea groups is 1. The third-order valence-electron chi connectivity index (χ3n) is 17.2. The number of carboxylic acids is 1. The maximum Gasteiger partial charge on any atom is 0.315 e. The molecule has 0 saturated heterocycles. The van der Waals surface area contributed by atoms with Gasteiger partial charge in [0, 0.05) is 17.4 Å². The van der Waals surface area contributed by atoms with Crippen molar-refractivity contribution in [3.8, 4) is 0 Å². The van der Waals surface area contributed by atoms with Crippen LogP contribution in [0.5, 0.6) is 0 Å². The van der Waals surface area contributed by atoms with E-state index in [1.165, 1.54) is 24.8 Å². The molecular weight excluding hydrogens is 665 g/mol. The van der Waals surface area contributed by atoms with Gasteiger partial charge < -0.3 is 20.5 Å². The SMILES string of the molecule is CC(C)C1=C2C3CCC4[C@@]5(C)CC[C@H](OC(=O)CC(C)(C)C(=O)O)C(C)(C)C5CC[C@@]4(C)[C@]3(C)CC[C@@]2(NC(=O)NC(C)(C)C2CCCCC2)CC1=O. The number of carbonyl (C=O) groups is 4. The van der Waals surface area contributed by atoms with Crippen molar-refractivity contribution in [1.29, 1.82) is 0 Å². The summed E-state index contributed by atoms with van der Waals surface area (Å²) in [6, 6.07) is -0.126. The molecule has 2 amide bonds. The van der Waals surface area contributed by atoms with Crippen LogP contribution in [0.1, 0.15) is 172 Å². The van der Waals surface area contributed by atoms with E-state index in [1.54, 1.807) is 13.8 Å². The molecule has 3 N–H and O–H groups in total. The molecular formula is C45H72N2O6. The second-order valence-corrected chi connectivity index (χ2v) is 21.6. The topological polar surface area (TPSA) is 122 Å². The van der Waals surface area contributed by atoms with Crippen LogP contribution in [0.4, 0.5) is 4.79 Å². The van der Waals surface area contributed by atoms with Crippen molar-refractivity contribution in [1.82, 2.24) is 10.6 Å². The third-order valence-corrected chi connectivity index (χ3v) is 17.2. The predicted molar refractivity (Wildman–Crippen MR) is 208 cm³/mol. The largest absolute Gasteiger partial charge is 0.481 e. The summed E-state index contributed by atoms with van der Waals surface area (Å²) < 4.78 is 6.17. The number of esters is 1. The Bertz CT molecular complexity index is 1540. The van der Waals surface area contributed by atoms with Gasteiger partial charge in [-0.3, -0.25) is 14.4 Å². The lowest BCUT2D eigenvalue weighted by Crippen LogP contribution is -2.68.